The van der Waals surface area contributed by atoms with E-state index >= 15 is 0 Å². The molecule has 0 saturated carbocycles. The second-order valence-electron chi connectivity index (χ2n) is 5.31. The molecule has 1 aromatic carbocycles. The molecule has 2 N–H and O–H groups in total. The van der Waals surface area contributed by atoms with Crippen LogP contribution in [-0.2, 0) is 12.8 Å². The molecular weight excluding hydrogens is 208 g/mol. The second kappa shape index (κ2) is 3.88. The Kier molecular flexibility index (Phi) is 2.48. The first-order chi connectivity index (χ1) is 8.19. The standard InChI is InChI=1S/C15H20N2/c1-9-6-10(2)15-12-5-4-11(16-3)8-13(12)17-14(15)7-9/h6-7,11,16-17H,4-5,8H2,1-3H3. The number of hydrogen-bond acceptors (Lipinski definition) is 1. The summed E-state index contributed by atoms with van der Waals surface area (Å²) in [5.74, 6) is 0. The largest absolute Gasteiger partial charge is 0.358 e. The van der Waals surface area contributed by atoms with E-state index in [9.17, 15) is 0 Å². The zero-order chi connectivity index (χ0) is 12.0. The highest BCUT2D eigenvalue weighted by Gasteiger charge is 2.21. The van der Waals surface area contributed by atoms with Crippen molar-refractivity contribution < 1.29 is 0 Å². The smallest absolute Gasteiger partial charge is 0.0464 e. The number of H-pyrrole nitrogens is 1. The van der Waals surface area contributed by atoms with E-state index in [-0.39, 0.29) is 0 Å². The van der Waals surface area contributed by atoms with Gasteiger partial charge in [-0.3, -0.25) is 0 Å². The van der Waals surface area contributed by atoms with Crippen molar-refractivity contribution in [2.45, 2.75) is 39.2 Å². The highest BCUT2D eigenvalue weighted by Crippen LogP contribution is 2.31. The van der Waals surface area contributed by atoms with Crippen molar-refractivity contribution in [1.82, 2.24) is 10.3 Å². The van der Waals surface area contributed by atoms with Crippen LogP contribution < -0.4 is 5.32 Å². The molecule has 1 aromatic heterocycles. The van der Waals surface area contributed by atoms with Crippen LogP contribution in [0.4, 0.5) is 0 Å². The summed E-state index contributed by atoms with van der Waals surface area (Å²) in [5.41, 5.74) is 7.09. The number of aromatic amines is 1. The lowest BCUT2D eigenvalue weighted by Crippen LogP contribution is -2.31. The molecule has 2 nitrogen and oxygen atoms in total. The molecule has 1 heterocycles. The van der Waals surface area contributed by atoms with Crippen LogP contribution in [0.5, 0.6) is 0 Å². The van der Waals surface area contributed by atoms with E-state index in [1.807, 2.05) is 0 Å². The molecule has 0 amide bonds. The summed E-state index contributed by atoms with van der Waals surface area (Å²) in [6.45, 7) is 4.40. The van der Waals surface area contributed by atoms with Crippen LogP contribution in [0.1, 0.15) is 28.8 Å². The fourth-order valence-corrected chi connectivity index (χ4v) is 3.22. The molecule has 1 aliphatic carbocycles. The Labute approximate surface area is 102 Å². The summed E-state index contributed by atoms with van der Waals surface area (Å²) >= 11 is 0. The predicted octanol–water partition coefficient (Wildman–Crippen LogP) is 2.86. The normalized spacial score (nSPS) is 19.6. The average Bonchev–Trinajstić information content (AvgIpc) is 2.65. The van der Waals surface area contributed by atoms with E-state index in [4.69, 9.17) is 0 Å². The van der Waals surface area contributed by atoms with Gasteiger partial charge in [0.1, 0.15) is 0 Å². The SMILES string of the molecule is CNC1CCc2c([nH]c3cc(C)cc(C)c23)C1. The van der Waals surface area contributed by atoms with Crippen LogP contribution >= 0.6 is 0 Å². The molecule has 17 heavy (non-hydrogen) atoms. The number of aromatic nitrogens is 1. The Morgan fingerprint density at radius 2 is 2.12 bits per heavy atom. The fraction of sp³-hybridized carbons (Fsp3) is 0.467. The Balaban J connectivity index is 2.18. The van der Waals surface area contributed by atoms with Gasteiger partial charge >= 0.3 is 0 Å². The van der Waals surface area contributed by atoms with Gasteiger partial charge in [0.2, 0.25) is 0 Å². The lowest BCUT2D eigenvalue weighted by atomic mass is 9.90. The molecule has 1 aliphatic rings. The topological polar surface area (TPSA) is 27.8 Å². The van der Waals surface area contributed by atoms with Crippen LogP contribution in [-0.4, -0.2) is 18.1 Å². The van der Waals surface area contributed by atoms with E-state index in [0.29, 0.717) is 6.04 Å². The summed E-state index contributed by atoms with van der Waals surface area (Å²) in [5, 5.41) is 4.87. The summed E-state index contributed by atoms with van der Waals surface area (Å²) in [7, 11) is 2.06. The van der Waals surface area contributed by atoms with Crippen LogP contribution in [0.2, 0.25) is 0 Å². The lowest BCUT2D eigenvalue weighted by Gasteiger charge is -2.21. The van der Waals surface area contributed by atoms with Crippen LogP contribution in [0.3, 0.4) is 0 Å². The number of fused-ring (bicyclic) bond motifs is 3. The average molecular weight is 228 g/mol. The second-order valence-corrected chi connectivity index (χ2v) is 5.31. The van der Waals surface area contributed by atoms with Gasteiger partial charge in [0.15, 0.2) is 0 Å². The number of benzene rings is 1. The van der Waals surface area contributed by atoms with Crippen molar-refractivity contribution in [2.75, 3.05) is 7.05 Å². The maximum Gasteiger partial charge on any atom is 0.0464 e. The Hall–Kier alpha value is -1.28. The van der Waals surface area contributed by atoms with Crippen LogP contribution in [0.15, 0.2) is 12.1 Å². The van der Waals surface area contributed by atoms with Crippen molar-refractivity contribution in [3.63, 3.8) is 0 Å². The Morgan fingerprint density at radius 3 is 2.88 bits per heavy atom. The summed E-state index contributed by atoms with van der Waals surface area (Å²) in [6.07, 6.45) is 3.59. The molecule has 1 unspecified atom stereocenters. The van der Waals surface area contributed by atoms with Gasteiger partial charge in [-0.15, -0.1) is 0 Å². The van der Waals surface area contributed by atoms with Crippen LogP contribution in [0.25, 0.3) is 10.9 Å². The zero-order valence-corrected chi connectivity index (χ0v) is 10.9. The van der Waals surface area contributed by atoms with Crippen molar-refractivity contribution in [3.05, 3.63) is 34.5 Å². The number of hydrogen-bond donors (Lipinski definition) is 2. The van der Waals surface area contributed by atoms with Gasteiger partial charge in [0.25, 0.3) is 0 Å². The molecule has 2 aromatic rings. The highest BCUT2D eigenvalue weighted by molar-refractivity contribution is 5.88. The third-order valence-corrected chi connectivity index (χ3v) is 4.03. The van der Waals surface area contributed by atoms with Crippen molar-refractivity contribution in [2.24, 2.45) is 0 Å². The van der Waals surface area contributed by atoms with E-state index in [2.05, 4.69) is 43.3 Å². The minimum absolute atomic E-state index is 0.636. The summed E-state index contributed by atoms with van der Waals surface area (Å²) in [4.78, 5) is 3.62. The first-order valence-corrected chi connectivity index (χ1v) is 6.47. The van der Waals surface area contributed by atoms with Crippen molar-refractivity contribution in [1.29, 1.82) is 0 Å². The molecule has 0 aliphatic heterocycles. The summed E-state index contributed by atoms with van der Waals surface area (Å²) in [6, 6.07) is 5.20. The number of aryl methyl sites for hydroxylation is 3. The van der Waals surface area contributed by atoms with E-state index in [1.54, 1.807) is 5.56 Å². The van der Waals surface area contributed by atoms with Crippen LogP contribution in [0, 0.1) is 13.8 Å². The fourth-order valence-electron chi connectivity index (χ4n) is 3.22. The first kappa shape index (κ1) is 10.8. The van der Waals surface area contributed by atoms with Gasteiger partial charge in [0, 0.05) is 29.1 Å². The predicted molar refractivity (Wildman–Crippen MR) is 72.6 cm³/mol. The molecule has 90 valence electrons. The minimum Gasteiger partial charge on any atom is -0.358 e. The maximum atomic E-state index is 3.62. The molecular formula is C15H20N2. The van der Waals surface area contributed by atoms with Gasteiger partial charge in [-0.1, -0.05) is 6.07 Å². The maximum absolute atomic E-state index is 3.62. The molecule has 0 spiro atoms. The quantitative estimate of drug-likeness (QED) is 0.771. The van der Waals surface area contributed by atoms with Gasteiger partial charge in [0.05, 0.1) is 0 Å². The monoisotopic (exact) mass is 228 g/mol. The van der Waals surface area contributed by atoms with Crippen molar-refractivity contribution >= 4 is 10.9 Å². The Morgan fingerprint density at radius 1 is 1.29 bits per heavy atom. The number of nitrogens with one attached hydrogen (secondary N) is 2. The number of likely N-dealkylation sites (N-methyl/N-ethyl adjacent to an activating group) is 1. The lowest BCUT2D eigenvalue weighted by molar-refractivity contribution is 0.493. The van der Waals surface area contributed by atoms with E-state index in [0.717, 1.165) is 6.42 Å². The minimum atomic E-state index is 0.636. The zero-order valence-electron chi connectivity index (χ0n) is 10.9. The van der Waals surface area contributed by atoms with Gasteiger partial charge in [-0.25, -0.2) is 0 Å². The third-order valence-electron chi connectivity index (χ3n) is 4.03. The molecule has 0 bridgehead atoms. The molecule has 0 radical (unpaired) electrons. The molecule has 1 atom stereocenters. The highest BCUT2D eigenvalue weighted by atomic mass is 14.9. The molecule has 0 saturated heterocycles. The number of rotatable bonds is 1. The first-order valence-electron chi connectivity index (χ1n) is 6.47. The third kappa shape index (κ3) is 1.67. The van der Waals surface area contributed by atoms with E-state index < -0.39 is 0 Å². The van der Waals surface area contributed by atoms with E-state index in [1.165, 1.54) is 40.6 Å². The van der Waals surface area contributed by atoms with Gasteiger partial charge in [-0.05, 0) is 56.5 Å². The molecule has 2 heteroatoms. The van der Waals surface area contributed by atoms with Gasteiger partial charge in [-0.2, -0.15) is 0 Å². The van der Waals surface area contributed by atoms with Gasteiger partial charge < -0.3 is 10.3 Å². The molecule has 0 fully saturated rings. The molecule has 3 rings (SSSR count). The van der Waals surface area contributed by atoms with Crippen molar-refractivity contribution in [3.8, 4) is 0 Å². The summed E-state index contributed by atoms with van der Waals surface area (Å²) < 4.78 is 0. The Bertz CT molecular complexity index is 566.